The molecular formula is C15H14ClN3O2S. The molecular weight excluding hydrogens is 322 g/mol. The third-order valence-corrected chi connectivity index (χ3v) is 4.29. The second-order valence-electron chi connectivity index (χ2n) is 4.85. The Bertz CT molecular complexity index is 658. The van der Waals surface area contributed by atoms with Crippen LogP contribution in [0.2, 0.25) is 5.02 Å². The SMILES string of the molecule is O=C(C=Cc1cccs1)N1CCC(Oc2ncc(Cl)cn2)C1. The highest BCUT2D eigenvalue weighted by molar-refractivity contribution is 7.10. The summed E-state index contributed by atoms with van der Waals surface area (Å²) in [7, 11) is 0. The normalized spacial score (nSPS) is 18.0. The first kappa shape index (κ1) is 15.0. The summed E-state index contributed by atoms with van der Waals surface area (Å²) in [4.78, 5) is 23.0. The van der Waals surface area contributed by atoms with Gasteiger partial charge in [0.05, 0.1) is 24.0 Å². The Morgan fingerprint density at radius 2 is 2.27 bits per heavy atom. The van der Waals surface area contributed by atoms with Crippen LogP contribution in [0.25, 0.3) is 6.08 Å². The molecule has 22 heavy (non-hydrogen) atoms. The van der Waals surface area contributed by atoms with E-state index in [1.807, 2.05) is 23.6 Å². The summed E-state index contributed by atoms with van der Waals surface area (Å²) in [5.74, 6) is -0.00322. The number of aromatic nitrogens is 2. The summed E-state index contributed by atoms with van der Waals surface area (Å²) in [5.41, 5.74) is 0. The van der Waals surface area contributed by atoms with Crippen molar-refractivity contribution in [3.8, 4) is 6.01 Å². The van der Waals surface area contributed by atoms with Gasteiger partial charge >= 0.3 is 6.01 Å². The molecule has 1 saturated heterocycles. The summed E-state index contributed by atoms with van der Waals surface area (Å²) < 4.78 is 5.66. The van der Waals surface area contributed by atoms with Gasteiger partial charge in [-0.25, -0.2) is 9.97 Å². The van der Waals surface area contributed by atoms with Gasteiger partial charge in [-0.2, -0.15) is 0 Å². The Kier molecular flexibility index (Phi) is 4.70. The number of amides is 1. The van der Waals surface area contributed by atoms with E-state index < -0.39 is 0 Å². The number of rotatable bonds is 4. The van der Waals surface area contributed by atoms with Crippen molar-refractivity contribution >= 4 is 34.9 Å². The maximum absolute atomic E-state index is 12.1. The van der Waals surface area contributed by atoms with Gasteiger partial charge in [0, 0.05) is 23.9 Å². The average Bonchev–Trinajstić information content (AvgIpc) is 3.19. The number of hydrogen-bond acceptors (Lipinski definition) is 5. The van der Waals surface area contributed by atoms with Crippen LogP contribution in [-0.4, -0.2) is 40.0 Å². The lowest BCUT2D eigenvalue weighted by Gasteiger charge is -2.14. The van der Waals surface area contributed by atoms with Gasteiger partial charge in [-0.15, -0.1) is 11.3 Å². The van der Waals surface area contributed by atoms with Crippen LogP contribution in [0.5, 0.6) is 6.01 Å². The quantitative estimate of drug-likeness (QED) is 0.806. The Hall–Kier alpha value is -1.92. The van der Waals surface area contributed by atoms with Crippen LogP contribution >= 0.6 is 22.9 Å². The first-order valence-corrected chi connectivity index (χ1v) is 8.11. The molecule has 1 fully saturated rings. The lowest BCUT2D eigenvalue weighted by Crippen LogP contribution is -2.29. The molecule has 7 heteroatoms. The molecule has 0 aromatic carbocycles. The predicted octanol–water partition coefficient (Wildman–Crippen LogP) is 2.88. The third kappa shape index (κ3) is 3.84. The molecule has 0 saturated carbocycles. The Balaban J connectivity index is 1.53. The molecule has 2 aromatic rings. The van der Waals surface area contributed by atoms with E-state index in [1.165, 1.54) is 12.4 Å². The number of thiophene rings is 1. The molecule has 1 atom stereocenters. The topological polar surface area (TPSA) is 55.3 Å². The molecule has 3 rings (SSSR count). The summed E-state index contributed by atoms with van der Waals surface area (Å²) in [5, 5.41) is 2.45. The van der Waals surface area contributed by atoms with E-state index >= 15 is 0 Å². The predicted molar refractivity (Wildman–Crippen MR) is 86.0 cm³/mol. The minimum atomic E-state index is -0.0831. The highest BCUT2D eigenvalue weighted by atomic mass is 35.5. The minimum absolute atomic E-state index is 0.00322. The van der Waals surface area contributed by atoms with Gasteiger partial charge in [0.15, 0.2) is 0 Å². The maximum Gasteiger partial charge on any atom is 0.316 e. The van der Waals surface area contributed by atoms with Gasteiger partial charge in [-0.1, -0.05) is 17.7 Å². The summed E-state index contributed by atoms with van der Waals surface area (Å²) in [6, 6.07) is 4.22. The number of ether oxygens (including phenoxy) is 1. The first-order valence-electron chi connectivity index (χ1n) is 6.85. The fourth-order valence-electron chi connectivity index (χ4n) is 2.18. The number of carbonyl (C=O) groups excluding carboxylic acids is 1. The zero-order chi connectivity index (χ0) is 15.4. The van der Waals surface area contributed by atoms with E-state index in [9.17, 15) is 4.79 Å². The number of likely N-dealkylation sites (tertiary alicyclic amines) is 1. The Morgan fingerprint density at radius 3 is 3.00 bits per heavy atom. The monoisotopic (exact) mass is 335 g/mol. The smallest absolute Gasteiger partial charge is 0.316 e. The highest BCUT2D eigenvalue weighted by Gasteiger charge is 2.27. The van der Waals surface area contributed by atoms with Crippen molar-refractivity contribution in [3.05, 3.63) is 45.9 Å². The van der Waals surface area contributed by atoms with Gasteiger partial charge in [0.2, 0.25) is 5.91 Å². The van der Waals surface area contributed by atoms with E-state index in [0.717, 1.165) is 11.3 Å². The van der Waals surface area contributed by atoms with Crippen LogP contribution in [-0.2, 0) is 4.79 Å². The molecule has 0 bridgehead atoms. The molecule has 1 aliphatic rings. The molecule has 1 unspecified atom stereocenters. The molecule has 5 nitrogen and oxygen atoms in total. The molecule has 2 aromatic heterocycles. The second kappa shape index (κ2) is 6.89. The Morgan fingerprint density at radius 1 is 1.45 bits per heavy atom. The van der Waals surface area contributed by atoms with E-state index in [2.05, 4.69) is 9.97 Å². The average molecular weight is 336 g/mol. The second-order valence-corrected chi connectivity index (χ2v) is 6.26. The first-order chi connectivity index (χ1) is 10.7. The van der Waals surface area contributed by atoms with E-state index in [4.69, 9.17) is 16.3 Å². The molecule has 3 heterocycles. The highest BCUT2D eigenvalue weighted by Crippen LogP contribution is 2.17. The maximum atomic E-state index is 12.1. The largest absolute Gasteiger partial charge is 0.458 e. The van der Waals surface area contributed by atoms with Gasteiger partial charge < -0.3 is 9.64 Å². The van der Waals surface area contributed by atoms with Crippen LogP contribution in [0.1, 0.15) is 11.3 Å². The number of halogens is 1. The van der Waals surface area contributed by atoms with Gasteiger partial charge in [0.25, 0.3) is 0 Å². The van der Waals surface area contributed by atoms with Crippen LogP contribution in [0.3, 0.4) is 0 Å². The zero-order valence-corrected chi connectivity index (χ0v) is 13.3. The van der Waals surface area contributed by atoms with E-state index in [-0.39, 0.29) is 18.0 Å². The van der Waals surface area contributed by atoms with Crippen molar-refractivity contribution in [3.63, 3.8) is 0 Å². The summed E-state index contributed by atoms with van der Waals surface area (Å²) in [6.45, 7) is 1.21. The van der Waals surface area contributed by atoms with Crippen molar-refractivity contribution in [1.29, 1.82) is 0 Å². The number of hydrogen-bond donors (Lipinski definition) is 0. The van der Waals surface area contributed by atoms with Crippen LogP contribution < -0.4 is 4.74 Å². The Labute approximate surface area is 137 Å². The van der Waals surface area contributed by atoms with E-state index in [1.54, 1.807) is 22.3 Å². The molecule has 0 spiro atoms. The van der Waals surface area contributed by atoms with Crippen molar-refractivity contribution < 1.29 is 9.53 Å². The van der Waals surface area contributed by atoms with Crippen molar-refractivity contribution in [2.24, 2.45) is 0 Å². The summed E-state index contributed by atoms with van der Waals surface area (Å²) >= 11 is 7.33. The van der Waals surface area contributed by atoms with Crippen LogP contribution in [0.4, 0.5) is 0 Å². The molecule has 0 aliphatic carbocycles. The zero-order valence-electron chi connectivity index (χ0n) is 11.7. The van der Waals surface area contributed by atoms with Gasteiger partial charge in [-0.05, 0) is 17.5 Å². The van der Waals surface area contributed by atoms with E-state index in [0.29, 0.717) is 18.1 Å². The van der Waals surface area contributed by atoms with Crippen LogP contribution in [0, 0.1) is 0 Å². The number of nitrogens with zero attached hydrogens (tertiary/aromatic N) is 3. The fourth-order valence-corrected chi connectivity index (χ4v) is 2.90. The molecule has 1 aliphatic heterocycles. The lowest BCUT2D eigenvalue weighted by atomic mass is 10.3. The van der Waals surface area contributed by atoms with Crippen molar-refractivity contribution in [1.82, 2.24) is 14.9 Å². The fraction of sp³-hybridized carbons (Fsp3) is 0.267. The number of carbonyl (C=O) groups is 1. The van der Waals surface area contributed by atoms with Gasteiger partial charge in [0.1, 0.15) is 6.10 Å². The summed E-state index contributed by atoms with van der Waals surface area (Å²) in [6.07, 6.45) is 7.11. The van der Waals surface area contributed by atoms with Crippen molar-refractivity contribution in [2.75, 3.05) is 13.1 Å². The standard InChI is InChI=1S/C15H14ClN3O2S/c16-11-8-17-15(18-9-11)21-12-5-6-19(10-12)14(20)4-3-13-2-1-7-22-13/h1-4,7-9,12H,5-6,10H2. The minimum Gasteiger partial charge on any atom is -0.458 e. The van der Waals surface area contributed by atoms with Crippen LogP contribution in [0.15, 0.2) is 36.0 Å². The third-order valence-electron chi connectivity index (χ3n) is 3.26. The molecule has 1 amide bonds. The molecule has 114 valence electrons. The molecule has 0 N–H and O–H groups in total. The van der Waals surface area contributed by atoms with Gasteiger partial charge in [-0.3, -0.25) is 4.79 Å². The molecule has 0 radical (unpaired) electrons. The lowest BCUT2D eigenvalue weighted by molar-refractivity contribution is -0.125. The van der Waals surface area contributed by atoms with Crippen molar-refractivity contribution in [2.45, 2.75) is 12.5 Å².